The Morgan fingerprint density at radius 2 is 1.61 bits per heavy atom. The van der Waals surface area contributed by atoms with E-state index in [4.69, 9.17) is 9.72 Å². The second kappa shape index (κ2) is 8.70. The smallest absolute Gasteiger partial charge is 0.338 e. The normalized spacial score (nSPS) is 10.8. The van der Waals surface area contributed by atoms with E-state index in [2.05, 4.69) is 6.07 Å². The minimum absolute atomic E-state index is 0.237. The van der Waals surface area contributed by atoms with Crippen LogP contribution in [0.1, 0.15) is 37.4 Å². The monoisotopic (exact) mass is 430 g/mol. The van der Waals surface area contributed by atoms with Gasteiger partial charge in [0.15, 0.2) is 5.13 Å². The van der Waals surface area contributed by atoms with Gasteiger partial charge in [-0.25, -0.2) is 9.78 Å². The SMILES string of the molecule is COC(=O)c1ccccc1C(=O)N(Cc1ccccc1)c1nc2c(C)c(C)ccc2s1. The number of amides is 1. The van der Waals surface area contributed by atoms with Crippen molar-refractivity contribution in [1.82, 2.24) is 4.98 Å². The van der Waals surface area contributed by atoms with Crippen molar-refractivity contribution >= 4 is 38.6 Å². The molecule has 156 valence electrons. The average molecular weight is 431 g/mol. The van der Waals surface area contributed by atoms with Gasteiger partial charge in [0, 0.05) is 0 Å². The minimum Gasteiger partial charge on any atom is -0.465 e. The van der Waals surface area contributed by atoms with Gasteiger partial charge >= 0.3 is 5.97 Å². The third-order valence-electron chi connectivity index (χ3n) is 5.30. The van der Waals surface area contributed by atoms with Crippen LogP contribution in [0, 0.1) is 13.8 Å². The molecule has 0 N–H and O–H groups in total. The molecule has 0 spiro atoms. The maximum absolute atomic E-state index is 13.7. The molecule has 4 rings (SSSR count). The summed E-state index contributed by atoms with van der Waals surface area (Å²) in [6.07, 6.45) is 0. The highest BCUT2D eigenvalue weighted by molar-refractivity contribution is 7.22. The number of hydrogen-bond donors (Lipinski definition) is 0. The third kappa shape index (κ3) is 4.07. The summed E-state index contributed by atoms with van der Waals surface area (Å²) in [4.78, 5) is 32.4. The predicted molar refractivity (Wildman–Crippen MR) is 124 cm³/mol. The number of esters is 1. The summed E-state index contributed by atoms with van der Waals surface area (Å²) in [5.74, 6) is -0.835. The summed E-state index contributed by atoms with van der Waals surface area (Å²) >= 11 is 1.47. The van der Waals surface area contributed by atoms with E-state index < -0.39 is 5.97 Å². The number of anilines is 1. The quantitative estimate of drug-likeness (QED) is 0.390. The molecule has 1 amide bonds. The van der Waals surface area contributed by atoms with Crippen molar-refractivity contribution in [2.75, 3.05) is 12.0 Å². The van der Waals surface area contributed by atoms with Gasteiger partial charge in [-0.2, -0.15) is 0 Å². The van der Waals surface area contributed by atoms with Crippen LogP contribution in [0.4, 0.5) is 5.13 Å². The van der Waals surface area contributed by atoms with Gasteiger partial charge in [-0.1, -0.05) is 59.9 Å². The lowest BCUT2D eigenvalue weighted by Gasteiger charge is -2.21. The van der Waals surface area contributed by atoms with Crippen molar-refractivity contribution < 1.29 is 14.3 Å². The first-order chi connectivity index (χ1) is 15.0. The molecule has 0 aliphatic carbocycles. The number of carbonyl (C=O) groups is 2. The number of thiazole rings is 1. The Bertz CT molecular complexity index is 1260. The summed E-state index contributed by atoms with van der Waals surface area (Å²) in [6, 6.07) is 20.6. The Morgan fingerprint density at radius 3 is 2.32 bits per heavy atom. The van der Waals surface area contributed by atoms with E-state index in [0.29, 0.717) is 11.7 Å². The molecule has 0 aliphatic rings. The topological polar surface area (TPSA) is 59.5 Å². The second-order valence-corrected chi connectivity index (χ2v) is 8.27. The van der Waals surface area contributed by atoms with Crippen molar-refractivity contribution in [2.45, 2.75) is 20.4 Å². The number of carbonyl (C=O) groups excluding carboxylic acids is 2. The molecular weight excluding hydrogens is 408 g/mol. The Kier molecular flexibility index (Phi) is 5.82. The lowest BCUT2D eigenvalue weighted by molar-refractivity contribution is 0.0597. The number of aromatic nitrogens is 1. The maximum atomic E-state index is 13.7. The van der Waals surface area contributed by atoms with Crippen molar-refractivity contribution in [3.05, 3.63) is 94.5 Å². The number of hydrogen-bond acceptors (Lipinski definition) is 5. The highest BCUT2D eigenvalue weighted by Crippen LogP contribution is 2.33. The Morgan fingerprint density at radius 1 is 0.935 bits per heavy atom. The van der Waals surface area contributed by atoms with Gasteiger partial charge in [0.05, 0.1) is 35.0 Å². The van der Waals surface area contributed by atoms with Crippen molar-refractivity contribution in [2.24, 2.45) is 0 Å². The van der Waals surface area contributed by atoms with Crippen molar-refractivity contribution in [1.29, 1.82) is 0 Å². The molecule has 0 aliphatic heterocycles. The largest absolute Gasteiger partial charge is 0.465 e. The van der Waals surface area contributed by atoms with Crippen molar-refractivity contribution in [3.8, 4) is 0 Å². The van der Waals surface area contributed by atoms with E-state index in [1.165, 1.54) is 18.4 Å². The summed E-state index contributed by atoms with van der Waals surface area (Å²) in [7, 11) is 1.31. The number of nitrogens with zero attached hydrogens (tertiary/aromatic N) is 2. The van der Waals surface area contributed by atoms with Crippen LogP contribution in [0.2, 0.25) is 0 Å². The summed E-state index contributed by atoms with van der Waals surface area (Å²) in [6.45, 7) is 4.43. The molecule has 0 radical (unpaired) electrons. The lowest BCUT2D eigenvalue weighted by atomic mass is 10.1. The molecule has 0 bridgehead atoms. The molecule has 3 aromatic carbocycles. The summed E-state index contributed by atoms with van der Waals surface area (Å²) < 4.78 is 5.90. The van der Waals surface area contributed by atoms with Gasteiger partial charge in [0.2, 0.25) is 0 Å². The molecule has 0 saturated heterocycles. The molecule has 1 heterocycles. The Labute approximate surface area is 184 Å². The molecule has 4 aromatic rings. The van der Waals surface area contributed by atoms with Crippen LogP contribution in [0.15, 0.2) is 66.7 Å². The fraction of sp³-hybridized carbons (Fsp3) is 0.160. The van der Waals surface area contributed by atoms with Crippen LogP contribution in [-0.2, 0) is 11.3 Å². The molecule has 1 aromatic heterocycles. The van der Waals surface area contributed by atoms with E-state index in [9.17, 15) is 9.59 Å². The fourth-order valence-corrected chi connectivity index (χ4v) is 4.45. The lowest BCUT2D eigenvalue weighted by Crippen LogP contribution is -2.31. The molecule has 5 nitrogen and oxygen atoms in total. The van der Waals surface area contributed by atoms with Crippen LogP contribution < -0.4 is 4.90 Å². The number of ether oxygens (including phenoxy) is 1. The van der Waals surface area contributed by atoms with Crippen LogP contribution in [0.3, 0.4) is 0 Å². The van der Waals surface area contributed by atoms with Crippen LogP contribution in [-0.4, -0.2) is 24.0 Å². The van der Waals surface area contributed by atoms with Crippen LogP contribution >= 0.6 is 11.3 Å². The molecular formula is C25H22N2O3S. The number of methoxy groups -OCH3 is 1. The Balaban J connectivity index is 1.84. The summed E-state index contributed by atoms with van der Waals surface area (Å²) in [5, 5.41) is 0.595. The molecule has 0 fully saturated rings. The van der Waals surface area contributed by atoms with E-state index in [-0.39, 0.29) is 17.0 Å². The second-order valence-electron chi connectivity index (χ2n) is 7.26. The van der Waals surface area contributed by atoms with E-state index >= 15 is 0 Å². The Hall–Kier alpha value is -3.51. The standard InChI is InChI=1S/C25H22N2O3S/c1-16-13-14-21-22(17(16)2)26-25(31-21)27(15-18-9-5-4-6-10-18)23(28)19-11-7-8-12-20(19)24(29)30-3/h4-14H,15H2,1-3H3. The zero-order valence-corrected chi connectivity index (χ0v) is 18.4. The van der Waals surface area contributed by atoms with Gasteiger partial charge in [-0.3, -0.25) is 9.69 Å². The zero-order valence-electron chi connectivity index (χ0n) is 17.6. The average Bonchev–Trinajstić information content (AvgIpc) is 3.24. The number of fused-ring (bicyclic) bond motifs is 1. The van der Waals surface area contributed by atoms with Crippen LogP contribution in [0.25, 0.3) is 10.2 Å². The van der Waals surface area contributed by atoms with Crippen LogP contribution in [0.5, 0.6) is 0 Å². The molecule has 6 heteroatoms. The molecule has 0 unspecified atom stereocenters. The van der Waals surface area contributed by atoms with Crippen molar-refractivity contribution in [3.63, 3.8) is 0 Å². The fourth-order valence-electron chi connectivity index (χ4n) is 3.43. The first-order valence-corrected chi connectivity index (χ1v) is 10.7. The molecule has 0 saturated carbocycles. The first kappa shape index (κ1) is 20.8. The minimum atomic E-state index is -0.542. The number of aryl methyl sites for hydroxylation is 2. The highest BCUT2D eigenvalue weighted by atomic mass is 32.1. The van der Waals surface area contributed by atoms with E-state index in [0.717, 1.165) is 26.9 Å². The highest BCUT2D eigenvalue weighted by Gasteiger charge is 2.26. The number of benzene rings is 3. The molecule has 31 heavy (non-hydrogen) atoms. The van der Waals surface area contributed by atoms with Gasteiger partial charge in [0.1, 0.15) is 0 Å². The van der Waals surface area contributed by atoms with Gasteiger partial charge in [-0.15, -0.1) is 0 Å². The predicted octanol–water partition coefficient (Wildman–Crippen LogP) is 5.55. The van der Waals surface area contributed by atoms with Gasteiger partial charge in [0.25, 0.3) is 5.91 Å². The zero-order chi connectivity index (χ0) is 22.0. The van der Waals surface area contributed by atoms with Gasteiger partial charge in [-0.05, 0) is 48.7 Å². The molecule has 0 atom stereocenters. The third-order valence-corrected chi connectivity index (χ3v) is 6.34. The van der Waals surface area contributed by atoms with Gasteiger partial charge < -0.3 is 4.74 Å². The first-order valence-electron chi connectivity index (χ1n) is 9.89. The maximum Gasteiger partial charge on any atom is 0.338 e. The van der Waals surface area contributed by atoms with E-state index in [1.807, 2.05) is 50.2 Å². The number of rotatable bonds is 5. The van der Waals surface area contributed by atoms with E-state index in [1.54, 1.807) is 29.2 Å². The summed E-state index contributed by atoms with van der Waals surface area (Å²) in [5.41, 5.74) is 4.65.